The van der Waals surface area contributed by atoms with Crippen LogP contribution in [0.25, 0.3) is 0 Å². The van der Waals surface area contributed by atoms with Crippen LogP contribution in [0.5, 0.6) is 5.75 Å². The van der Waals surface area contributed by atoms with Crippen molar-refractivity contribution >= 4 is 15.9 Å². The average Bonchev–Trinajstić information content (AvgIpc) is 2.57. The van der Waals surface area contributed by atoms with E-state index >= 15 is 0 Å². The van der Waals surface area contributed by atoms with E-state index in [0.717, 1.165) is 23.3 Å². The van der Waals surface area contributed by atoms with Crippen LogP contribution in [0.3, 0.4) is 0 Å². The number of rotatable bonds is 2. The number of hydrogen-bond acceptors (Lipinski definition) is 2. The molecule has 1 fully saturated rings. The van der Waals surface area contributed by atoms with E-state index in [9.17, 15) is 0 Å². The van der Waals surface area contributed by atoms with E-state index in [1.807, 2.05) is 0 Å². The summed E-state index contributed by atoms with van der Waals surface area (Å²) in [6.45, 7) is 2.29. The first-order valence-electron chi connectivity index (χ1n) is 5.85. The number of hydrogen-bond donors (Lipinski definition) is 1. The summed E-state index contributed by atoms with van der Waals surface area (Å²) in [7, 11) is 1.70. The quantitative estimate of drug-likeness (QED) is 0.899. The van der Waals surface area contributed by atoms with Crippen LogP contribution in [0.4, 0.5) is 0 Å². The third-order valence-corrected chi connectivity index (χ3v) is 3.84. The van der Waals surface area contributed by atoms with Crippen molar-refractivity contribution in [3.8, 4) is 5.75 Å². The van der Waals surface area contributed by atoms with Gasteiger partial charge in [-0.2, -0.15) is 0 Å². The van der Waals surface area contributed by atoms with E-state index in [4.69, 9.17) is 4.74 Å². The van der Waals surface area contributed by atoms with Gasteiger partial charge in [-0.25, -0.2) is 0 Å². The molecule has 0 amide bonds. The minimum Gasteiger partial charge on any atom is -0.496 e. The van der Waals surface area contributed by atoms with E-state index in [0.29, 0.717) is 5.92 Å². The summed E-state index contributed by atoms with van der Waals surface area (Å²) in [4.78, 5) is 0. The Morgan fingerprint density at radius 2 is 2.19 bits per heavy atom. The second kappa shape index (κ2) is 5.69. The van der Waals surface area contributed by atoms with Gasteiger partial charge in [0, 0.05) is 0 Å². The van der Waals surface area contributed by atoms with Crippen molar-refractivity contribution in [3.05, 3.63) is 28.2 Å². The van der Waals surface area contributed by atoms with Crippen molar-refractivity contribution in [2.24, 2.45) is 0 Å². The Kier molecular flexibility index (Phi) is 4.24. The number of methoxy groups -OCH3 is 1. The van der Waals surface area contributed by atoms with Gasteiger partial charge in [-0.15, -0.1) is 0 Å². The second-order valence-corrected chi connectivity index (χ2v) is 5.13. The van der Waals surface area contributed by atoms with Crippen molar-refractivity contribution in [1.82, 2.24) is 5.32 Å². The Balaban J connectivity index is 2.16. The summed E-state index contributed by atoms with van der Waals surface area (Å²) >= 11 is 3.55. The highest BCUT2D eigenvalue weighted by atomic mass is 79.9. The van der Waals surface area contributed by atoms with Crippen LogP contribution in [0, 0.1) is 0 Å². The summed E-state index contributed by atoms with van der Waals surface area (Å²) in [5.74, 6) is 1.60. The molecule has 0 radical (unpaired) electrons. The molecule has 1 aromatic carbocycles. The van der Waals surface area contributed by atoms with Crippen molar-refractivity contribution in [2.75, 3.05) is 20.2 Å². The molecule has 1 N–H and O–H groups in total. The van der Waals surface area contributed by atoms with Crippen molar-refractivity contribution in [3.63, 3.8) is 0 Å². The predicted octanol–water partition coefficient (Wildman–Crippen LogP) is 3.31. The summed E-state index contributed by atoms with van der Waals surface area (Å²) in [6.07, 6.45) is 3.79. The molecule has 0 saturated carbocycles. The van der Waals surface area contributed by atoms with Gasteiger partial charge in [0.1, 0.15) is 5.75 Å². The molecule has 0 aromatic heterocycles. The molecule has 1 aliphatic heterocycles. The first kappa shape index (κ1) is 11.9. The van der Waals surface area contributed by atoms with Gasteiger partial charge in [0.25, 0.3) is 0 Å². The maximum absolute atomic E-state index is 5.25. The van der Waals surface area contributed by atoms with Gasteiger partial charge in [0.05, 0.1) is 11.6 Å². The Bertz CT molecular complexity index is 346. The molecule has 88 valence electrons. The molecule has 1 saturated heterocycles. The monoisotopic (exact) mass is 283 g/mol. The van der Waals surface area contributed by atoms with Gasteiger partial charge in [0.2, 0.25) is 0 Å². The zero-order chi connectivity index (χ0) is 11.4. The minimum atomic E-state index is 0.692. The SMILES string of the molecule is COc1ccc(C2CCCNCC2)cc1Br. The van der Waals surface area contributed by atoms with Crippen molar-refractivity contribution in [2.45, 2.75) is 25.2 Å². The molecule has 2 rings (SSSR count). The van der Waals surface area contributed by atoms with E-state index in [-0.39, 0.29) is 0 Å². The first-order chi connectivity index (χ1) is 7.81. The Morgan fingerprint density at radius 3 is 2.94 bits per heavy atom. The summed E-state index contributed by atoms with van der Waals surface area (Å²) < 4.78 is 6.31. The Labute approximate surface area is 106 Å². The highest BCUT2D eigenvalue weighted by Gasteiger charge is 2.15. The molecule has 2 nitrogen and oxygen atoms in total. The normalized spacial score (nSPS) is 21.5. The third kappa shape index (κ3) is 2.77. The molecule has 0 bridgehead atoms. The highest BCUT2D eigenvalue weighted by molar-refractivity contribution is 9.10. The van der Waals surface area contributed by atoms with Crippen LogP contribution in [0.15, 0.2) is 22.7 Å². The minimum absolute atomic E-state index is 0.692. The molecule has 1 aliphatic rings. The zero-order valence-electron chi connectivity index (χ0n) is 9.63. The Hall–Kier alpha value is -0.540. The van der Waals surface area contributed by atoms with Gasteiger partial charge in [-0.1, -0.05) is 6.07 Å². The highest BCUT2D eigenvalue weighted by Crippen LogP contribution is 2.32. The second-order valence-electron chi connectivity index (χ2n) is 4.27. The van der Waals surface area contributed by atoms with Crippen molar-refractivity contribution < 1.29 is 4.74 Å². The van der Waals surface area contributed by atoms with E-state index in [1.165, 1.54) is 24.8 Å². The zero-order valence-corrected chi connectivity index (χ0v) is 11.2. The lowest BCUT2D eigenvalue weighted by atomic mass is 9.92. The lowest BCUT2D eigenvalue weighted by molar-refractivity contribution is 0.411. The molecule has 0 aliphatic carbocycles. The fourth-order valence-corrected chi connectivity index (χ4v) is 2.85. The number of nitrogens with one attached hydrogen (secondary N) is 1. The molecule has 1 atom stereocenters. The number of ether oxygens (including phenoxy) is 1. The number of benzene rings is 1. The number of halogens is 1. The summed E-state index contributed by atoms with van der Waals surface area (Å²) in [5.41, 5.74) is 1.43. The predicted molar refractivity (Wildman–Crippen MR) is 70.2 cm³/mol. The largest absolute Gasteiger partial charge is 0.496 e. The van der Waals surface area contributed by atoms with Crippen LogP contribution in [-0.4, -0.2) is 20.2 Å². The lowest BCUT2D eigenvalue weighted by Crippen LogP contribution is -2.13. The van der Waals surface area contributed by atoms with Crippen LogP contribution < -0.4 is 10.1 Å². The van der Waals surface area contributed by atoms with E-state index in [1.54, 1.807) is 7.11 Å². The van der Waals surface area contributed by atoms with Gasteiger partial charge in [-0.05, 0) is 71.9 Å². The van der Waals surface area contributed by atoms with Crippen LogP contribution in [0.2, 0.25) is 0 Å². The molecule has 3 heteroatoms. The molecular weight excluding hydrogens is 266 g/mol. The molecule has 16 heavy (non-hydrogen) atoms. The standard InChI is InChI=1S/C13H18BrNO/c1-16-13-5-4-11(9-12(13)14)10-3-2-7-15-8-6-10/h4-5,9-10,15H,2-3,6-8H2,1H3. The summed E-state index contributed by atoms with van der Waals surface area (Å²) in [6, 6.07) is 6.45. The van der Waals surface area contributed by atoms with Gasteiger partial charge < -0.3 is 10.1 Å². The first-order valence-corrected chi connectivity index (χ1v) is 6.64. The Morgan fingerprint density at radius 1 is 1.31 bits per heavy atom. The molecule has 1 unspecified atom stereocenters. The third-order valence-electron chi connectivity index (χ3n) is 3.22. The molecular formula is C13H18BrNO. The van der Waals surface area contributed by atoms with Crippen molar-refractivity contribution in [1.29, 1.82) is 0 Å². The van der Waals surface area contributed by atoms with E-state index < -0.39 is 0 Å². The smallest absolute Gasteiger partial charge is 0.133 e. The van der Waals surface area contributed by atoms with Crippen LogP contribution in [-0.2, 0) is 0 Å². The maximum Gasteiger partial charge on any atom is 0.133 e. The molecule has 0 spiro atoms. The fraction of sp³-hybridized carbons (Fsp3) is 0.538. The molecule has 1 aromatic rings. The van der Waals surface area contributed by atoms with Gasteiger partial charge in [-0.3, -0.25) is 0 Å². The van der Waals surface area contributed by atoms with E-state index in [2.05, 4.69) is 39.4 Å². The maximum atomic E-state index is 5.25. The van der Waals surface area contributed by atoms with Gasteiger partial charge >= 0.3 is 0 Å². The van der Waals surface area contributed by atoms with Crippen LogP contribution in [0.1, 0.15) is 30.7 Å². The molecule has 1 heterocycles. The average molecular weight is 284 g/mol. The lowest BCUT2D eigenvalue weighted by Gasteiger charge is -2.15. The van der Waals surface area contributed by atoms with Gasteiger partial charge in [0.15, 0.2) is 0 Å². The topological polar surface area (TPSA) is 21.3 Å². The van der Waals surface area contributed by atoms with Crippen LogP contribution >= 0.6 is 15.9 Å². The summed E-state index contributed by atoms with van der Waals surface area (Å²) in [5, 5.41) is 3.45. The fourth-order valence-electron chi connectivity index (χ4n) is 2.29.